The Morgan fingerprint density at radius 2 is 1.61 bits per heavy atom. The molecule has 1 aliphatic carbocycles. The van der Waals surface area contributed by atoms with Gasteiger partial charge in [-0.1, -0.05) is 75.6 Å². The summed E-state index contributed by atoms with van der Waals surface area (Å²) in [6.45, 7) is 12.1. The third-order valence-corrected chi connectivity index (χ3v) is 19.7. The maximum absolute atomic E-state index is 13.0. The Bertz CT molecular complexity index is 3920. The largest absolute Gasteiger partial charge is 0.744 e. The molecule has 87 heavy (non-hydrogen) atoms. The molecule has 8 rings (SSSR count). The van der Waals surface area contributed by atoms with Crippen LogP contribution >= 0.6 is 23.5 Å². The van der Waals surface area contributed by atoms with Crippen LogP contribution < -0.4 is 36.8 Å². The van der Waals surface area contributed by atoms with Gasteiger partial charge in [0.15, 0.2) is 17.4 Å². The minimum Gasteiger partial charge on any atom is -0.744 e. The summed E-state index contributed by atoms with van der Waals surface area (Å²) in [5.41, 5.74) is 10.2. The first-order valence-electron chi connectivity index (χ1n) is 28.1. The topological polar surface area (TPSA) is 417 Å². The van der Waals surface area contributed by atoms with E-state index in [1.54, 1.807) is 6.07 Å². The summed E-state index contributed by atoms with van der Waals surface area (Å²) < 4.78 is 99.6. The van der Waals surface area contributed by atoms with Gasteiger partial charge in [-0.15, -0.1) is 0 Å². The number of nitrogens with one attached hydrogen (secondary N) is 3. The summed E-state index contributed by atoms with van der Waals surface area (Å²) in [4.78, 5) is 75.3. The van der Waals surface area contributed by atoms with Gasteiger partial charge in [-0.25, -0.2) is 31.7 Å². The maximum atomic E-state index is 13.0. The van der Waals surface area contributed by atoms with Crippen LogP contribution in [0.25, 0.3) is 39.9 Å². The highest BCUT2D eigenvalue weighted by Gasteiger charge is 2.48. The Balaban J connectivity index is 0.840. The van der Waals surface area contributed by atoms with Gasteiger partial charge in [-0.05, 0) is 87.9 Å². The van der Waals surface area contributed by atoms with Crippen LogP contribution in [-0.2, 0) is 51.9 Å². The molecule has 0 bridgehead atoms. The zero-order valence-corrected chi connectivity index (χ0v) is 51.8. The molecule has 1 saturated heterocycles. The second-order valence-electron chi connectivity index (χ2n) is 21.4. The summed E-state index contributed by atoms with van der Waals surface area (Å²) in [6, 6.07) is 20.8. The molecule has 5 heterocycles. The average molecular weight is 1290 g/mol. The first kappa shape index (κ1) is 66.7. The number of unbranched alkanes of at least 4 members (excludes halogenated alkanes) is 5. The number of nitrogen functional groups attached to an aromatic ring is 1. The van der Waals surface area contributed by atoms with E-state index >= 15 is 0 Å². The van der Waals surface area contributed by atoms with Crippen molar-refractivity contribution in [2.45, 2.75) is 121 Å². The summed E-state index contributed by atoms with van der Waals surface area (Å²) >= 11 is 0. The molecule has 32 heteroatoms. The molecule has 4 aromatic rings. The molecule has 0 radical (unpaired) electrons. The lowest BCUT2D eigenvalue weighted by atomic mass is 9.83. The van der Waals surface area contributed by atoms with Crippen molar-refractivity contribution in [2.24, 2.45) is 0 Å². The summed E-state index contributed by atoms with van der Waals surface area (Å²) in [6.07, 6.45) is 4.13. The molecule has 28 nitrogen and oxygen atoms in total. The zero-order valence-electron chi connectivity index (χ0n) is 48.3. The van der Waals surface area contributed by atoms with E-state index in [0.29, 0.717) is 63.6 Å². The molecule has 2 aromatic carbocycles. The minimum absolute atomic E-state index is 0.0524. The number of nitrogens with two attached hydrogens (primary N) is 1. The monoisotopic (exact) mass is 1290 g/mol. The minimum atomic E-state index is -5.85. The number of nitrogens with zero attached hydrogens (tertiary/aromatic N) is 5. The zero-order chi connectivity index (χ0) is 63.2. The van der Waals surface area contributed by atoms with E-state index in [4.69, 9.17) is 24.7 Å². The van der Waals surface area contributed by atoms with Gasteiger partial charge in [-0.2, -0.15) is 13.6 Å². The van der Waals surface area contributed by atoms with Crippen LogP contribution in [0.4, 0.5) is 17.6 Å². The number of aromatic amines is 1. The number of aliphatic hydroxyl groups excluding tert-OH is 2. The lowest BCUT2D eigenvalue weighted by Gasteiger charge is -2.27. The molecule has 1 amide bonds. The Morgan fingerprint density at radius 1 is 0.908 bits per heavy atom. The van der Waals surface area contributed by atoms with E-state index in [0.717, 1.165) is 74.6 Å². The number of hydrogen-bond donors (Lipinski definition) is 10. The quantitative estimate of drug-likeness (QED) is 0.0115. The van der Waals surface area contributed by atoms with E-state index in [2.05, 4.69) is 86.3 Å². The van der Waals surface area contributed by atoms with Crippen LogP contribution in [-0.4, -0.2) is 126 Å². The second-order valence-corrected chi connectivity index (χ2v) is 27.2. The van der Waals surface area contributed by atoms with Gasteiger partial charge < -0.3 is 64.8 Å². The number of rotatable bonds is 28. The van der Waals surface area contributed by atoms with Crippen molar-refractivity contribution in [1.29, 1.82) is 0 Å². The third-order valence-electron chi connectivity index (χ3n) is 15.0. The predicted molar refractivity (Wildman–Crippen MR) is 320 cm³/mol. The van der Waals surface area contributed by atoms with Crippen LogP contribution in [0.1, 0.15) is 102 Å². The molecule has 1 fully saturated rings. The molecule has 2 unspecified atom stereocenters. The molecule has 0 saturated carbocycles. The number of phosphoric ester groups is 1. The van der Waals surface area contributed by atoms with Crippen LogP contribution in [0.5, 0.6) is 0 Å². The van der Waals surface area contributed by atoms with Gasteiger partial charge in [0.25, 0.3) is 5.56 Å². The predicted octanol–water partition coefficient (Wildman–Crippen LogP) is 6.10. The fourth-order valence-corrected chi connectivity index (χ4v) is 14.3. The number of imidazole rings is 1. The summed E-state index contributed by atoms with van der Waals surface area (Å²) in [7, 11) is -21.9. The van der Waals surface area contributed by atoms with Crippen molar-refractivity contribution in [3.63, 3.8) is 0 Å². The number of benzene rings is 3. The van der Waals surface area contributed by atoms with Crippen molar-refractivity contribution in [3.05, 3.63) is 117 Å². The fraction of sp³-hybridized carbons (Fsp3) is 0.436. The molecule has 3 aliphatic heterocycles. The van der Waals surface area contributed by atoms with Crippen molar-refractivity contribution in [3.8, 4) is 22.6 Å². The van der Waals surface area contributed by atoms with E-state index in [1.165, 1.54) is 12.1 Å². The Labute approximate surface area is 501 Å². The molecule has 2 aromatic heterocycles. The SMILES string of the molecule is CC[N+](CC)=c1ccc2c(/C=C/C=C3/N(CCCCCC(=O)NCCCCCCNc4nc5c(=O)[nH]c(N)nc5n4[C@@H]4O[C@H](COP(=O)(O)OP(=O)(O)OP(=O)(O)O)[C@@H](O)[C@H]4O)c4ccc(S(=O)(=O)[O-])cc4C3(C)C)c(C)c(-c3ccccc3)oc-2c1. The number of phosphoric acid groups is 3. The molecule has 0 spiro atoms. The van der Waals surface area contributed by atoms with Crippen molar-refractivity contribution in [1.82, 2.24) is 29.4 Å². The Morgan fingerprint density at radius 3 is 2.30 bits per heavy atom. The normalized spacial score (nSPS) is 19.7. The molecule has 4 aliphatic rings. The first-order valence-corrected chi connectivity index (χ1v) is 34.0. The van der Waals surface area contributed by atoms with Crippen LogP contribution in [0.3, 0.4) is 0 Å². The standard InChI is InChI=1S/C55H72N9O19P3S/c1-6-62(7-2)36-24-26-39-38(34(3)49(80-42(39)31-36)35-19-12-10-13-20-35)21-18-22-44-55(4,5)40-32-37(87(76,77)78)25-27-41(40)63(44)30-17-11-14-23-45(65)57-28-15-8-9-16-29-58-54-59-46-50(60-53(56)61-51(46)68)64(54)52-48(67)47(66)43(81-52)33-79-85(72,73)83-86(74,75)82-84(69,70)71/h10,12-13,18-22,24-27,31-32,43,47-48,52,66-67H,6-9,11,14-17,23,28-30,33H2,1-5H3,(H9-,56,57,58,59,60,61,65,68,69,70,71,72,73,74,75,76,77,78)/t43-,47-,48-,52-/m1/s1. The number of amides is 1. The molecule has 472 valence electrons. The number of fused-ring (bicyclic) bond motifs is 3. The van der Waals surface area contributed by atoms with Gasteiger partial charge in [-0.3, -0.25) is 23.7 Å². The molecule has 6 atom stereocenters. The molecular formula is C55H72N9O19P3S. The number of hydrogen-bond acceptors (Lipinski definition) is 20. The van der Waals surface area contributed by atoms with Crippen LogP contribution in [0.15, 0.2) is 98.7 Å². The number of aliphatic hydroxyl groups is 2. The van der Waals surface area contributed by atoms with Gasteiger partial charge in [0.1, 0.15) is 53.0 Å². The second kappa shape index (κ2) is 27.7. The number of anilines is 3. The van der Waals surface area contributed by atoms with Crippen molar-refractivity contribution >= 4 is 74.3 Å². The summed E-state index contributed by atoms with van der Waals surface area (Å²) in [5.74, 6) is 1.02. The van der Waals surface area contributed by atoms with E-state index in [-0.39, 0.29) is 40.4 Å². The van der Waals surface area contributed by atoms with E-state index in [1.807, 2.05) is 63.3 Å². The van der Waals surface area contributed by atoms with Gasteiger partial charge in [0.05, 0.1) is 17.6 Å². The van der Waals surface area contributed by atoms with Crippen molar-refractivity contribution < 1.29 is 83.5 Å². The van der Waals surface area contributed by atoms with Gasteiger partial charge in [0.2, 0.25) is 23.2 Å². The third kappa shape index (κ3) is 16.2. The highest BCUT2D eigenvalue weighted by molar-refractivity contribution is 7.85. The lowest BCUT2D eigenvalue weighted by Crippen LogP contribution is -2.34. The van der Waals surface area contributed by atoms with E-state index < -0.39 is 75.7 Å². The maximum Gasteiger partial charge on any atom is 0.490 e. The average Bonchev–Trinajstić information content (AvgIpc) is 1.67. The number of ether oxygens (including phenoxy) is 1. The smallest absolute Gasteiger partial charge is 0.490 e. The molecule has 11 N–H and O–H groups in total. The fourth-order valence-electron chi connectivity index (χ4n) is 10.8. The van der Waals surface area contributed by atoms with E-state index in [9.17, 15) is 56.3 Å². The number of allylic oxidation sites excluding steroid dienone is 3. The number of H-pyrrole nitrogens is 1. The van der Waals surface area contributed by atoms with Crippen molar-refractivity contribution in [2.75, 3.05) is 55.3 Å². The Kier molecular flexibility index (Phi) is 21.2. The highest BCUT2D eigenvalue weighted by Crippen LogP contribution is 2.66. The number of carbonyl (C=O) groups excluding carboxylic acids is 1. The lowest BCUT2D eigenvalue weighted by molar-refractivity contribution is -0.121. The first-order chi connectivity index (χ1) is 41.0. The number of aromatic nitrogens is 4. The number of carbonyl (C=O) groups is 1. The van der Waals surface area contributed by atoms with Crippen LogP contribution in [0, 0.1) is 6.92 Å². The molecular weight excluding hydrogens is 1220 g/mol. The van der Waals surface area contributed by atoms with Gasteiger partial charge in [0, 0.05) is 65.6 Å². The van der Waals surface area contributed by atoms with Crippen LogP contribution in [0.2, 0.25) is 0 Å². The summed E-state index contributed by atoms with van der Waals surface area (Å²) in [5, 5.41) is 28.9. The Hall–Kier alpha value is -6.23. The highest BCUT2D eigenvalue weighted by atomic mass is 32.2. The van der Waals surface area contributed by atoms with Gasteiger partial charge >= 0.3 is 23.5 Å².